The third-order valence-corrected chi connectivity index (χ3v) is 3.36. The van der Waals surface area contributed by atoms with Crippen molar-refractivity contribution >= 4 is 0 Å². The maximum Gasteiger partial charge on any atom is 0.0558 e. The second-order valence-electron chi connectivity index (χ2n) is 6.52. The Morgan fingerprint density at radius 3 is 2.25 bits per heavy atom. The molecule has 16 heavy (non-hydrogen) atoms. The van der Waals surface area contributed by atoms with Gasteiger partial charge in [-0.25, -0.2) is 0 Å². The van der Waals surface area contributed by atoms with E-state index in [1.807, 2.05) is 0 Å². The number of rotatable bonds is 5. The van der Waals surface area contributed by atoms with E-state index in [4.69, 9.17) is 5.11 Å². The third kappa shape index (κ3) is 5.86. The minimum atomic E-state index is 0.294. The normalized spacial score (nSPS) is 19.3. The molecule has 1 aliphatic carbocycles. The molecule has 0 spiro atoms. The first-order valence-corrected chi connectivity index (χ1v) is 6.84. The molecule has 0 aromatic carbocycles. The Balaban J connectivity index is 2.36. The van der Waals surface area contributed by atoms with E-state index in [-0.39, 0.29) is 0 Å². The molecule has 2 heteroatoms. The summed E-state index contributed by atoms with van der Waals surface area (Å²) in [6.45, 7) is 10.3. The van der Waals surface area contributed by atoms with E-state index in [0.717, 1.165) is 19.0 Å². The smallest absolute Gasteiger partial charge is 0.0558 e. The van der Waals surface area contributed by atoms with Gasteiger partial charge in [-0.1, -0.05) is 40.0 Å². The number of hydrogen-bond acceptors (Lipinski definition) is 2. The fourth-order valence-corrected chi connectivity index (χ4v) is 2.78. The van der Waals surface area contributed by atoms with E-state index in [9.17, 15) is 0 Å². The predicted molar refractivity (Wildman–Crippen MR) is 69.6 cm³/mol. The van der Waals surface area contributed by atoms with E-state index < -0.39 is 0 Å². The van der Waals surface area contributed by atoms with Gasteiger partial charge in [0.25, 0.3) is 0 Å². The zero-order chi connectivity index (χ0) is 12.0. The molecule has 0 aromatic heterocycles. The molecule has 1 saturated carbocycles. The Bertz CT molecular complexity index is 180. The fourth-order valence-electron chi connectivity index (χ4n) is 2.78. The van der Waals surface area contributed by atoms with Crippen LogP contribution in [0.1, 0.15) is 52.9 Å². The van der Waals surface area contributed by atoms with Crippen LogP contribution in [-0.4, -0.2) is 36.2 Å². The van der Waals surface area contributed by atoms with E-state index in [2.05, 4.69) is 25.7 Å². The van der Waals surface area contributed by atoms with Gasteiger partial charge in [-0.15, -0.1) is 0 Å². The summed E-state index contributed by atoms with van der Waals surface area (Å²) < 4.78 is 0. The van der Waals surface area contributed by atoms with Crippen LogP contribution in [0.15, 0.2) is 0 Å². The Morgan fingerprint density at radius 2 is 1.75 bits per heavy atom. The minimum absolute atomic E-state index is 0.294. The van der Waals surface area contributed by atoms with Gasteiger partial charge < -0.3 is 10.0 Å². The molecule has 0 aliphatic heterocycles. The van der Waals surface area contributed by atoms with Crippen LogP contribution in [0.5, 0.6) is 0 Å². The van der Waals surface area contributed by atoms with Crippen LogP contribution >= 0.6 is 0 Å². The summed E-state index contributed by atoms with van der Waals surface area (Å²) in [6, 6.07) is 0. The van der Waals surface area contributed by atoms with Gasteiger partial charge in [0.05, 0.1) is 6.61 Å². The van der Waals surface area contributed by atoms with Gasteiger partial charge in [0.2, 0.25) is 0 Å². The summed E-state index contributed by atoms with van der Waals surface area (Å²) in [4.78, 5) is 2.45. The summed E-state index contributed by atoms with van der Waals surface area (Å²) >= 11 is 0. The Hall–Kier alpha value is -0.0800. The number of aliphatic hydroxyl groups is 1. The maximum absolute atomic E-state index is 9.12. The third-order valence-electron chi connectivity index (χ3n) is 3.36. The van der Waals surface area contributed by atoms with Crippen LogP contribution in [0.25, 0.3) is 0 Å². The molecule has 0 unspecified atom stereocenters. The first kappa shape index (κ1) is 14.0. The molecule has 1 fully saturated rings. The molecular formula is C14H29NO. The van der Waals surface area contributed by atoms with Crippen LogP contribution < -0.4 is 0 Å². The zero-order valence-electron chi connectivity index (χ0n) is 11.3. The second kappa shape index (κ2) is 6.61. The van der Waals surface area contributed by atoms with Gasteiger partial charge in [-0.3, -0.25) is 0 Å². The lowest BCUT2D eigenvalue weighted by Crippen LogP contribution is -2.38. The second-order valence-corrected chi connectivity index (χ2v) is 6.52. The van der Waals surface area contributed by atoms with Gasteiger partial charge >= 0.3 is 0 Å². The topological polar surface area (TPSA) is 23.5 Å². The highest BCUT2D eigenvalue weighted by atomic mass is 16.3. The highest BCUT2D eigenvalue weighted by Crippen LogP contribution is 2.25. The minimum Gasteiger partial charge on any atom is -0.395 e. The molecule has 1 rings (SSSR count). The van der Waals surface area contributed by atoms with Crippen LogP contribution in [0, 0.1) is 11.3 Å². The monoisotopic (exact) mass is 227 g/mol. The van der Waals surface area contributed by atoms with Crippen molar-refractivity contribution in [1.82, 2.24) is 4.90 Å². The fraction of sp³-hybridized carbons (Fsp3) is 1.00. The lowest BCUT2D eigenvalue weighted by atomic mass is 9.88. The molecule has 0 bridgehead atoms. The van der Waals surface area contributed by atoms with E-state index in [0.29, 0.717) is 12.0 Å². The average Bonchev–Trinajstić information content (AvgIpc) is 2.17. The molecule has 0 aromatic rings. The Labute approximate surface area is 101 Å². The van der Waals surface area contributed by atoms with Gasteiger partial charge in [-0.2, -0.15) is 0 Å². The summed E-state index contributed by atoms with van der Waals surface area (Å²) in [5.41, 5.74) is 0.337. The molecule has 0 radical (unpaired) electrons. The van der Waals surface area contributed by atoms with Crippen molar-refractivity contribution < 1.29 is 5.11 Å². The van der Waals surface area contributed by atoms with Crippen LogP contribution in [0.4, 0.5) is 0 Å². The van der Waals surface area contributed by atoms with E-state index in [1.54, 1.807) is 0 Å². The maximum atomic E-state index is 9.12. The molecule has 1 N–H and O–H groups in total. The number of aliphatic hydroxyl groups excluding tert-OH is 1. The zero-order valence-corrected chi connectivity index (χ0v) is 11.3. The number of nitrogens with zero attached hydrogens (tertiary/aromatic N) is 1. The first-order chi connectivity index (χ1) is 7.51. The van der Waals surface area contributed by atoms with Gasteiger partial charge in [0.1, 0.15) is 0 Å². The summed E-state index contributed by atoms with van der Waals surface area (Å²) in [5.74, 6) is 0.877. The van der Waals surface area contributed by atoms with Crippen LogP contribution in [-0.2, 0) is 0 Å². The van der Waals surface area contributed by atoms with Crippen molar-refractivity contribution in [2.75, 3.05) is 26.2 Å². The van der Waals surface area contributed by atoms with E-state index in [1.165, 1.54) is 38.6 Å². The average molecular weight is 227 g/mol. The molecule has 0 atom stereocenters. The van der Waals surface area contributed by atoms with Crippen molar-refractivity contribution in [1.29, 1.82) is 0 Å². The summed E-state index contributed by atoms with van der Waals surface area (Å²) in [7, 11) is 0. The molecule has 0 saturated heterocycles. The van der Waals surface area contributed by atoms with Crippen molar-refractivity contribution in [3.63, 3.8) is 0 Å². The highest BCUT2D eigenvalue weighted by molar-refractivity contribution is 4.74. The SMILES string of the molecule is CC(C)(C)CN(CCO)CC1CCCCC1. The lowest BCUT2D eigenvalue weighted by molar-refractivity contribution is 0.123. The number of hydrogen-bond donors (Lipinski definition) is 1. The standard InChI is InChI=1S/C14H29NO/c1-14(2,3)12-15(9-10-16)11-13-7-5-4-6-8-13/h13,16H,4-12H2,1-3H3. The Morgan fingerprint density at radius 1 is 1.12 bits per heavy atom. The van der Waals surface area contributed by atoms with E-state index >= 15 is 0 Å². The van der Waals surface area contributed by atoms with Crippen molar-refractivity contribution in [2.45, 2.75) is 52.9 Å². The van der Waals surface area contributed by atoms with Gasteiger partial charge in [0, 0.05) is 19.6 Å². The lowest BCUT2D eigenvalue weighted by Gasteiger charge is -2.33. The molecule has 96 valence electrons. The predicted octanol–water partition coefficient (Wildman–Crippen LogP) is 2.91. The van der Waals surface area contributed by atoms with Gasteiger partial charge in [-0.05, 0) is 24.2 Å². The molecule has 1 aliphatic rings. The summed E-state index contributed by atoms with van der Waals surface area (Å²) in [6.07, 6.45) is 7.04. The molecule has 2 nitrogen and oxygen atoms in total. The molecular weight excluding hydrogens is 198 g/mol. The molecule has 0 amide bonds. The Kier molecular flexibility index (Phi) is 5.77. The first-order valence-electron chi connectivity index (χ1n) is 6.84. The van der Waals surface area contributed by atoms with Crippen molar-refractivity contribution in [2.24, 2.45) is 11.3 Å². The van der Waals surface area contributed by atoms with Crippen molar-refractivity contribution in [3.05, 3.63) is 0 Å². The highest BCUT2D eigenvalue weighted by Gasteiger charge is 2.20. The van der Waals surface area contributed by atoms with Crippen LogP contribution in [0.3, 0.4) is 0 Å². The quantitative estimate of drug-likeness (QED) is 0.780. The van der Waals surface area contributed by atoms with Crippen LogP contribution in [0.2, 0.25) is 0 Å². The molecule has 0 heterocycles. The largest absolute Gasteiger partial charge is 0.395 e. The summed E-state index contributed by atoms with van der Waals surface area (Å²) in [5, 5.41) is 9.12. The van der Waals surface area contributed by atoms with Crippen molar-refractivity contribution in [3.8, 4) is 0 Å². The van der Waals surface area contributed by atoms with Gasteiger partial charge in [0.15, 0.2) is 0 Å².